The molecule has 0 radical (unpaired) electrons. The number of benzene rings is 1. The van der Waals surface area contributed by atoms with Crippen LogP contribution in [0.25, 0.3) is 0 Å². The van der Waals surface area contributed by atoms with Gasteiger partial charge in [-0.3, -0.25) is 14.9 Å². The summed E-state index contributed by atoms with van der Waals surface area (Å²) >= 11 is 5.98. The van der Waals surface area contributed by atoms with Gasteiger partial charge in [-0.1, -0.05) is 17.7 Å². The number of halogens is 1. The van der Waals surface area contributed by atoms with Crippen LogP contribution in [0.5, 0.6) is 0 Å². The van der Waals surface area contributed by atoms with E-state index in [0.29, 0.717) is 5.56 Å². The maximum Gasteiger partial charge on any atom is 0.270 e. The molecule has 0 heterocycles. The van der Waals surface area contributed by atoms with Crippen LogP contribution in [0.1, 0.15) is 31.2 Å². The predicted octanol–water partition coefficient (Wildman–Crippen LogP) is 2.18. The molecule has 21 heavy (non-hydrogen) atoms. The van der Waals surface area contributed by atoms with E-state index in [9.17, 15) is 14.9 Å². The average Bonchev–Trinajstić information content (AvgIpc) is 2.43. The van der Waals surface area contributed by atoms with E-state index in [4.69, 9.17) is 17.3 Å². The van der Waals surface area contributed by atoms with Crippen molar-refractivity contribution in [2.45, 2.75) is 44.2 Å². The molecule has 1 aromatic rings. The van der Waals surface area contributed by atoms with Crippen LogP contribution in [0.4, 0.5) is 5.69 Å². The van der Waals surface area contributed by atoms with Crippen LogP contribution in [-0.4, -0.2) is 22.9 Å². The third kappa shape index (κ3) is 4.41. The molecule has 0 aliphatic heterocycles. The molecule has 0 spiro atoms. The number of hydrogen-bond donors (Lipinski definition) is 2. The number of carbonyl (C=O) groups is 1. The van der Waals surface area contributed by atoms with Crippen LogP contribution in [0.15, 0.2) is 18.2 Å². The minimum Gasteiger partial charge on any atom is -0.353 e. The van der Waals surface area contributed by atoms with Gasteiger partial charge in [0.05, 0.1) is 16.4 Å². The highest BCUT2D eigenvalue weighted by molar-refractivity contribution is 6.31. The van der Waals surface area contributed by atoms with Gasteiger partial charge in [-0.15, -0.1) is 0 Å². The number of nitrogens with one attached hydrogen (secondary N) is 1. The van der Waals surface area contributed by atoms with Gasteiger partial charge < -0.3 is 11.1 Å². The Morgan fingerprint density at radius 1 is 1.38 bits per heavy atom. The highest BCUT2D eigenvalue weighted by Crippen LogP contribution is 2.23. The van der Waals surface area contributed by atoms with Crippen molar-refractivity contribution in [2.75, 3.05) is 0 Å². The van der Waals surface area contributed by atoms with Crippen LogP contribution in [0.2, 0.25) is 5.02 Å². The summed E-state index contributed by atoms with van der Waals surface area (Å²) in [6.45, 7) is 0. The molecule has 1 saturated carbocycles. The van der Waals surface area contributed by atoms with Crippen LogP contribution in [-0.2, 0) is 11.2 Å². The molecule has 3 N–H and O–H groups in total. The van der Waals surface area contributed by atoms with Crippen LogP contribution >= 0.6 is 11.6 Å². The first kappa shape index (κ1) is 15.7. The molecular formula is C14H18ClN3O3. The van der Waals surface area contributed by atoms with Crippen molar-refractivity contribution in [3.63, 3.8) is 0 Å². The SMILES string of the molecule is NC1CCC(NC(=O)Cc2ccc([N+](=O)[O-])cc2Cl)CC1. The Morgan fingerprint density at radius 2 is 2.05 bits per heavy atom. The number of carbonyl (C=O) groups excluding carboxylic acids is 1. The zero-order valence-corrected chi connectivity index (χ0v) is 12.3. The highest BCUT2D eigenvalue weighted by Gasteiger charge is 2.20. The molecular weight excluding hydrogens is 294 g/mol. The molecule has 1 aliphatic carbocycles. The van der Waals surface area contributed by atoms with Gasteiger partial charge in [-0.2, -0.15) is 0 Å². The maximum atomic E-state index is 12.0. The second kappa shape index (κ2) is 6.87. The Labute approximate surface area is 127 Å². The van der Waals surface area contributed by atoms with E-state index in [1.807, 2.05) is 0 Å². The fourth-order valence-electron chi connectivity index (χ4n) is 2.51. The summed E-state index contributed by atoms with van der Waals surface area (Å²) in [4.78, 5) is 22.1. The standard InChI is InChI=1S/C14H18ClN3O3/c15-13-8-12(18(20)21)6-1-9(13)7-14(19)17-11-4-2-10(16)3-5-11/h1,6,8,10-11H,2-5,7,16H2,(H,17,19). The highest BCUT2D eigenvalue weighted by atomic mass is 35.5. The van der Waals surface area contributed by atoms with Crippen LogP contribution in [0.3, 0.4) is 0 Å². The predicted molar refractivity (Wildman–Crippen MR) is 80.2 cm³/mol. The van der Waals surface area contributed by atoms with Crippen molar-refractivity contribution in [3.05, 3.63) is 38.9 Å². The van der Waals surface area contributed by atoms with Crippen molar-refractivity contribution >= 4 is 23.2 Å². The molecule has 0 bridgehead atoms. The molecule has 0 saturated heterocycles. The minimum absolute atomic E-state index is 0.0783. The van der Waals surface area contributed by atoms with Gasteiger partial charge in [0, 0.05) is 24.2 Å². The summed E-state index contributed by atoms with van der Waals surface area (Å²) in [6.07, 6.45) is 3.74. The van der Waals surface area contributed by atoms with E-state index in [1.54, 1.807) is 0 Å². The first-order valence-electron chi connectivity index (χ1n) is 6.93. The van der Waals surface area contributed by atoms with E-state index in [-0.39, 0.29) is 35.1 Å². The summed E-state index contributed by atoms with van der Waals surface area (Å²) in [5, 5.41) is 13.8. The van der Waals surface area contributed by atoms with Crippen molar-refractivity contribution in [3.8, 4) is 0 Å². The van der Waals surface area contributed by atoms with Crippen molar-refractivity contribution in [2.24, 2.45) is 5.73 Å². The van der Waals surface area contributed by atoms with Gasteiger partial charge in [0.25, 0.3) is 5.69 Å². The fourth-order valence-corrected chi connectivity index (χ4v) is 2.75. The van der Waals surface area contributed by atoms with Gasteiger partial charge in [0.2, 0.25) is 5.91 Å². The molecule has 2 rings (SSSR count). The zero-order valence-electron chi connectivity index (χ0n) is 11.5. The first-order chi connectivity index (χ1) is 9.95. The van der Waals surface area contributed by atoms with Crippen LogP contribution in [0, 0.1) is 10.1 Å². The van der Waals surface area contributed by atoms with Crippen molar-refractivity contribution < 1.29 is 9.72 Å². The normalized spacial score (nSPS) is 21.8. The number of nitro benzene ring substituents is 1. The number of nitro groups is 1. The summed E-state index contributed by atoms with van der Waals surface area (Å²) < 4.78 is 0. The number of hydrogen-bond acceptors (Lipinski definition) is 4. The number of nitrogens with zero attached hydrogens (tertiary/aromatic N) is 1. The summed E-state index contributed by atoms with van der Waals surface area (Å²) in [5.41, 5.74) is 6.34. The third-order valence-corrected chi connectivity index (χ3v) is 4.09. The Hall–Kier alpha value is -1.66. The molecule has 0 unspecified atom stereocenters. The largest absolute Gasteiger partial charge is 0.353 e. The van der Waals surface area contributed by atoms with Crippen LogP contribution < -0.4 is 11.1 Å². The second-order valence-corrected chi connectivity index (χ2v) is 5.80. The van der Waals surface area contributed by atoms with Gasteiger partial charge in [-0.05, 0) is 31.2 Å². The molecule has 0 aromatic heterocycles. The Kier molecular flexibility index (Phi) is 5.14. The molecule has 6 nitrogen and oxygen atoms in total. The monoisotopic (exact) mass is 311 g/mol. The maximum absolute atomic E-state index is 12.0. The lowest BCUT2D eigenvalue weighted by atomic mass is 9.91. The Morgan fingerprint density at radius 3 is 2.62 bits per heavy atom. The molecule has 7 heteroatoms. The molecule has 1 fully saturated rings. The zero-order chi connectivity index (χ0) is 15.4. The lowest BCUT2D eigenvalue weighted by Gasteiger charge is -2.26. The molecule has 0 atom stereocenters. The van der Waals surface area contributed by atoms with E-state index in [2.05, 4.69) is 5.32 Å². The molecule has 114 valence electrons. The third-order valence-electron chi connectivity index (χ3n) is 3.74. The lowest BCUT2D eigenvalue weighted by Crippen LogP contribution is -2.41. The number of nitrogens with two attached hydrogens (primary N) is 1. The summed E-state index contributed by atoms with van der Waals surface area (Å²) in [7, 11) is 0. The fraction of sp³-hybridized carbons (Fsp3) is 0.500. The van der Waals surface area contributed by atoms with Crippen molar-refractivity contribution in [1.82, 2.24) is 5.32 Å². The minimum atomic E-state index is -0.513. The molecule has 1 amide bonds. The van der Waals surface area contributed by atoms with Gasteiger partial charge in [0.15, 0.2) is 0 Å². The van der Waals surface area contributed by atoms with E-state index >= 15 is 0 Å². The number of non-ortho nitro benzene ring substituents is 1. The summed E-state index contributed by atoms with van der Waals surface area (Å²) in [5.74, 6) is -0.119. The van der Waals surface area contributed by atoms with E-state index in [1.165, 1.54) is 18.2 Å². The van der Waals surface area contributed by atoms with Gasteiger partial charge in [0.1, 0.15) is 0 Å². The molecule has 1 aliphatic rings. The number of rotatable bonds is 4. The van der Waals surface area contributed by atoms with Crippen molar-refractivity contribution in [1.29, 1.82) is 0 Å². The quantitative estimate of drug-likeness (QED) is 0.657. The number of amides is 1. The Bertz CT molecular complexity index is 542. The second-order valence-electron chi connectivity index (χ2n) is 5.39. The lowest BCUT2D eigenvalue weighted by molar-refractivity contribution is -0.384. The van der Waals surface area contributed by atoms with E-state index in [0.717, 1.165) is 25.7 Å². The Balaban J connectivity index is 1.92. The van der Waals surface area contributed by atoms with Gasteiger partial charge >= 0.3 is 0 Å². The first-order valence-corrected chi connectivity index (χ1v) is 7.31. The average molecular weight is 312 g/mol. The summed E-state index contributed by atoms with van der Waals surface area (Å²) in [6, 6.07) is 4.55. The molecule has 1 aromatic carbocycles. The van der Waals surface area contributed by atoms with Gasteiger partial charge in [-0.25, -0.2) is 0 Å². The smallest absolute Gasteiger partial charge is 0.270 e. The topological polar surface area (TPSA) is 98.3 Å². The van der Waals surface area contributed by atoms with E-state index < -0.39 is 4.92 Å².